The molecule has 2 aromatic rings. The number of fused-ring (bicyclic) bond motifs is 2. The molecule has 4 heteroatoms. The van der Waals surface area contributed by atoms with E-state index in [1.807, 2.05) is 0 Å². The van der Waals surface area contributed by atoms with E-state index in [-0.39, 0.29) is 0 Å². The molecule has 2 aliphatic carbocycles. The Balaban J connectivity index is 1.46. The van der Waals surface area contributed by atoms with Gasteiger partial charge < -0.3 is 10.6 Å². The van der Waals surface area contributed by atoms with Crippen molar-refractivity contribution in [3.63, 3.8) is 0 Å². The molecule has 2 saturated carbocycles. The van der Waals surface area contributed by atoms with Crippen molar-refractivity contribution in [2.45, 2.75) is 31.7 Å². The van der Waals surface area contributed by atoms with Crippen molar-refractivity contribution in [1.29, 1.82) is 0 Å². The average Bonchev–Trinajstić information content (AvgIpc) is 3.25. The van der Waals surface area contributed by atoms with Crippen molar-refractivity contribution in [2.24, 2.45) is 11.8 Å². The first kappa shape index (κ1) is 14.2. The van der Waals surface area contributed by atoms with Crippen molar-refractivity contribution < 1.29 is 0 Å². The van der Waals surface area contributed by atoms with Crippen LogP contribution < -0.4 is 10.6 Å². The maximum Gasteiger partial charge on any atom is 0.171 e. The molecule has 2 nitrogen and oxygen atoms in total. The van der Waals surface area contributed by atoms with Gasteiger partial charge in [-0.15, -0.1) is 11.3 Å². The van der Waals surface area contributed by atoms with E-state index in [2.05, 4.69) is 52.4 Å². The Hall–Kier alpha value is -1.39. The molecule has 2 N–H and O–H groups in total. The molecule has 2 aliphatic rings. The molecule has 2 bridgehead atoms. The highest BCUT2D eigenvalue weighted by atomic mass is 32.1. The molecule has 0 amide bonds. The van der Waals surface area contributed by atoms with Gasteiger partial charge in [0.25, 0.3) is 0 Å². The van der Waals surface area contributed by atoms with Crippen molar-refractivity contribution in [3.05, 3.63) is 41.8 Å². The number of nitrogens with one attached hydrogen (secondary N) is 2. The topological polar surface area (TPSA) is 24.1 Å². The summed E-state index contributed by atoms with van der Waals surface area (Å²) in [6.07, 6.45) is 5.48. The van der Waals surface area contributed by atoms with E-state index < -0.39 is 0 Å². The molecule has 4 rings (SSSR count). The lowest BCUT2D eigenvalue weighted by Crippen LogP contribution is -2.40. The summed E-state index contributed by atoms with van der Waals surface area (Å²) in [6, 6.07) is 13.2. The van der Waals surface area contributed by atoms with E-state index in [1.165, 1.54) is 36.1 Å². The average molecular weight is 329 g/mol. The largest absolute Gasteiger partial charge is 0.359 e. The van der Waals surface area contributed by atoms with Crippen LogP contribution in [0.1, 0.15) is 25.7 Å². The Morgan fingerprint density at radius 3 is 2.73 bits per heavy atom. The molecule has 2 fully saturated rings. The number of thiophene rings is 1. The van der Waals surface area contributed by atoms with E-state index in [0.29, 0.717) is 6.04 Å². The van der Waals surface area contributed by atoms with Crippen molar-refractivity contribution in [1.82, 2.24) is 5.32 Å². The van der Waals surface area contributed by atoms with E-state index in [1.54, 1.807) is 11.3 Å². The normalized spacial score (nSPS) is 26.1. The lowest BCUT2D eigenvalue weighted by atomic mass is 9.95. The van der Waals surface area contributed by atoms with Crippen LogP contribution in [0.2, 0.25) is 0 Å². The molecule has 0 radical (unpaired) electrons. The van der Waals surface area contributed by atoms with Gasteiger partial charge in [0.2, 0.25) is 0 Å². The summed E-state index contributed by atoms with van der Waals surface area (Å²) in [5, 5.41) is 9.84. The van der Waals surface area contributed by atoms with Gasteiger partial charge in [-0.2, -0.15) is 0 Å². The van der Waals surface area contributed by atoms with E-state index >= 15 is 0 Å². The number of para-hydroxylation sites is 1. The summed E-state index contributed by atoms with van der Waals surface area (Å²) in [6.45, 7) is 0. The van der Waals surface area contributed by atoms with Crippen LogP contribution >= 0.6 is 23.6 Å². The highest BCUT2D eigenvalue weighted by Crippen LogP contribution is 2.44. The first-order valence-corrected chi connectivity index (χ1v) is 9.29. The van der Waals surface area contributed by atoms with Crippen LogP contribution in [0.3, 0.4) is 0 Å². The van der Waals surface area contributed by atoms with Crippen LogP contribution in [-0.2, 0) is 0 Å². The van der Waals surface area contributed by atoms with Gasteiger partial charge in [0.15, 0.2) is 5.11 Å². The van der Waals surface area contributed by atoms with Crippen LogP contribution in [0.5, 0.6) is 0 Å². The van der Waals surface area contributed by atoms with Gasteiger partial charge in [-0.3, -0.25) is 0 Å². The molecule has 22 heavy (non-hydrogen) atoms. The second-order valence-electron chi connectivity index (χ2n) is 6.40. The first-order valence-electron chi connectivity index (χ1n) is 8.00. The van der Waals surface area contributed by atoms with Crippen molar-refractivity contribution in [2.75, 3.05) is 5.32 Å². The summed E-state index contributed by atoms with van der Waals surface area (Å²) < 4.78 is 0. The zero-order valence-electron chi connectivity index (χ0n) is 12.4. The van der Waals surface area contributed by atoms with E-state index in [4.69, 9.17) is 12.2 Å². The van der Waals surface area contributed by atoms with E-state index in [0.717, 1.165) is 22.6 Å². The Bertz CT molecular complexity index is 665. The predicted molar refractivity (Wildman–Crippen MR) is 98.3 cm³/mol. The molecular formula is C18H20N2S2. The van der Waals surface area contributed by atoms with Gasteiger partial charge in [0, 0.05) is 22.2 Å². The van der Waals surface area contributed by atoms with Gasteiger partial charge >= 0.3 is 0 Å². The number of rotatable bonds is 3. The molecule has 1 aromatic carbocycles. The third kappa shape index (κ3) is 2.77. The van der Waals surface area contributed by atoms with Crippen molar-refractivity contribution >= 4 is 34.4 Å². The molecule has 114 valence electrons. The van der Waals surface area contributed by atoms with E-state index in [9.17, 15) is 0 Å². The third-order valence-electron chi connectivity index (χ3n) is 5.02. The maximum absolute atomic E-state index is 5.56. The monoisotopic (exact) mass is 328 g/mol. The molecule has 1 aromatic heterocycles. The fourth-order valence-electron chi connectivity index (χ4n) is 3.99. The van der Waals surface area contributed by atoms with Crippen LogP contribution in [0.15, 0.2) is 41.8 Å². The van der Waals surface area contributed by atoms with Gasteiger partial charge in [0.1, 0.15) is 0 Å². The summed E-state index contributed by atoms with van der Waals surface area (Å²) in [4.78, 5) is 1.27. The molecule has 0 spiro atoms. The minimum absolute atomic E-state index is 0.577. The second kappa shape index (κ2) is 6.01. The smallest absolute Gasteiger partial charge is 0.171 e. The SMILES string of the molecule is S=C(Nc1ccccc1-c1cccs1)N[C@@H]1C[C@H]2CC[C@H]1C2. The second-order valence-corrected chi connectivity index (χ2v) is 7.76. The molecule has 0 unspecified atom stereocenters. The first-order chi connectivity index (χ1) is 10.8. The molecule has 1 heterocycles. The number of anilines is 1. The quantitative estimate of drug-likeness (QED) is 0.785. The molecule has 3 atom stereocenters. The van der Waals surface area contributed by atoms with Crippen LogP contribution in [-0.4, -0.2) is 11.2 Å². The molecule has 0 saturated heterocycles. The highest BCUT2D eigenvalue weighted by molar-refractivity contribution is 7.80. The number of thiocarbonyl (C=S) groups is 1. The summed E-state index contributed by atoms with van der Waals surface area (Å²) in [7, 11) is 0. The van der Waals surface area contributed by atoms with Crippen LogP contribution in [0, 0.1) is 11.8 Å². The lowest BCUT2D eigenvalue weighted by Gasteiger charge is -2.25. The lowest BCUT2D eigenvalue weighted by molar-refractivity contribution is 0.392. The Kier molecular flexibility index (Phi) is 3.89. The maximum atomic E-state index is 5.56. The predicted octanol–water partition coefficient (Wildman–Crippen LogP) is 4.89. The zero-order valence-corrected chi connectivity index (χ0v) is 14.1. The fourth-order valence-corrected chi connectivity index (χ4v) is 5.01. The number of benzene rings is 1. The minimum Gasteiger partial charge on any atom is -0.359 e. The minimum atomic E-state index is 0.577. The Morgan fingerprint density at radius 2 is 2.00 bits per heavy atom. The standard InChI is InChI=1S/C18H20N2S2/c21-18(20-16-11-12-7-8-13(16)10-12)19-15-5-2-1-4-14(15)17-6-3-9-22-17/h1-6,9,12-13,16H,7-8,10-11H2,(H2,19,20,21)/t12-,13-,16+/m0/s1. The Labute approximate surface area is 140 Å². The summed E-state index contributed by atoms with van der Waals surface area (Å²) in [5.41, 5.74) is 2.31. The van der Waals surface area contributed by atoms with Crippen LogP contribution in [0.4, 0.5) is 5.69 Å². The molecular weight excluding hydrogens is 308 g/mol. The highest BCUT2D eigenvalue weighted by Gasteiger charge is 2.39. The molecule has 0 aliphatic heterocycles. The Morgan fingerprint density at radius 1 is 1.09 bits per heavy atom. The van der Waals surface area contributed by atoms with Gasteiger partial charge in [-0.05, 0) is 60.8 Å². The number of hydrogen-bond acceptors (Lipinski definition) is 2. The number of hydrogen-bond donors (Lipinski definition) is 2. The van der Waals surface area contributed by atoms with Crippen LogP contribution in [0.25, 0.3) is 10.4 Å². The zero-order chi connectivity index (χ0) is 14.9. The van der Waals surface area contributed by atoms with Gasteiger partial charge in [-0.25, -0.2) is 0 Å². The fraction of sp³-hybridized carbons (Fsp3) is 0.389. The van der Waals surface area contributed by atoms with Gasteiger partial charge in [0.05, 0.1) is 0 Å². The van der Waals surface area contributed by atoms with Crippen molar-refractivity contribution in [3.8, 4) is 10.4 Å². The van der Waals surface area contributed by atoms with Gasteiger partial charge in [-0.1, -0.05) is 30.7 Å². The summed E-state index contributed by atoms with van der Waals surface area (Å²) >= 11 is 7.31. The third-order valence-corrected chi connectivity index (χ3v) is 6.14. The summed E-state index contributed by atoms with van der Waals surface area (Å²) in [5.74, 6) is 1.76.